The molecule has 0 fully saturated rings. The van der Waals surface area contributed by atoms with E-state index in [0.29, 0.717) is 22.8 Å². The van der Waals surface area contributed by atoms with Gasteiger partial charge in [-0.25, -0.2) is 4.98 Å². The van der Waals surface area contributed by atoms with Crippen LogP contribution in [0.25, 0.3) is 5.69 Å². The summed E-state index contributed by atoms with van der Waals surface area (Å²) in [5.41, 5.74) is 1.54. The zero-order valence-electron chi connectivity index (χ0n) is 16.0. The number of nitrogens with zero attached hydrogens (tertiary/aromatic N) is 2. The number of imidazole rings is 1. The summed E-state index contributed by atoms with van der Waals surface area (Å²) < 4.78 is 13.9. The fraction of sp³-hybridized carbons (Fsp3) is 0.238. The van der Waals surface area contributed by atoms with Gasteiger partial charge in [-0.15, -0.1) is 0 Å². The van der Waals surface area contributed by atoms with E-state index in [-0.39, 0.29) is 12.4 Å². The first-order valence-corrected chi connectivity index (χ1v) is 10.7. The summed E-state index contributed by atoms with van der Waals surface area (Å²) in [6.07, 6.45) is 2.91. The Hall–Kier alpha value is -2.29. The smallest absolute Gasteiger partial charge is 0.172 e. The van der Waals surface area contributed by atoms with E-state index in [0.717, 1.165) is 15.3 Å². The highest BCUT2D eigenvalue weighted by Gasteiger charge is 2.13. The molecule has 3 rings (SSSR count). The number of aliphatic hydroxyl groups excluding tert-OH is 1. The number of aliphatic hydroxyl groups is 1. The lowest BCUT2D eigenvalue weighted by Crippen LogP contribution is -2.20. The number of carbonyl (C=O) groups is 1. The highest BCUT2D eigenvalue weighted by atomic mass is 79.9. The molecule has 0 saturated heterocycles. The molecule has 0 amide bonds. The Labute approximate surface area is 182 Å². The number of thioether (sulfide) groups is 1. The van der Waals surface area contributed by atoms with E-state index in [1.807, 2.05) is 35.0 Å². The molecule has 1 aromatic heterocycles. The van der Waals surface area contributed by atoms with Gasteiger partial charge in [0, 0.05) is 33.9 Å². The lowest BCUT2D eigenvalue weighted by atomic mass is 10.1. The van der Waals surface area contributed by atoms with Gasteiger partial charge in [0.15, 0.2) is 22.4 Å². The quantitative estimate of drug-likeness (QED) is 0.364. The van der Waals surface area contributed by atoms with E-state index in [2.05, 4.69) is 20.9 Å². The molecule has 0 spiro atoms. The van der Waals surface area contributed by atoms with Crippen molar-refractivity contribution in [3.05, 3.63) is 64.9 Å². The molecule has 0 aliphatic rings. The SMILES string of the molecule is COc1cc(C(C)=O)ccc1OCC(O)CSc1nccn1-c1ccc(Br)cc1. The summed E-state index contributed by atoms with van der Waals surface area (Å²) in [4.78, 5) is 15.9. The molecule has 29 heavy (non-hydrogen) atoms. The maximum Gasteiger partial charge on any atom is 0.172 e. The molecule has 0 bridgehead atoms. The van der Waals surface area contributed by atoms with Crippen LogP contribution in [0.15, 0.2) is 64.5 Å². The number of hydrogen-bond acceptors (Lipinski definition) is 6. The fourth-order valence-electron chi connectivity index (χ4n) is 2.61. The monoisotopic (exact) mass is 476 g/mol. The summed E-state index contributed by atoms with van der Waals surface area (Å²) in [5.74, 6) is 1.32. The Morgan fingerprint density at radius 3 is 2.69 bits per heavy atom. The third kappa shape index (κ3) is 5.62. The Bertz CT molecular complexity index is 975. The zero-order chi connectivity index (χ0) is 20.8. The van der Waals surface area contributed by atoms with E-state index < -0.39 is 6.10 Å². The third-order valence-corrected chi connectivity index (χ3v) is 5.76. The minimum atomic E-state index is -0.702. The molecule has 1 atom stereocenters. The largest absolute Gasteiger partial charge is 0.493 e. The van der Waals surface area contributed by atoms with Crippen molar-refractivity contribution in [2.75, 3.05) is 19.5 Å². The molecular weight excluding hydrogens is 456 g/mol. The second-order valence-electron chi connectivity index (χ2n) is 6.25. The Morgan fingerprint density at radius 1 is 1.24 bits per heavy atom. The van der Waals surface area contributed by atoms with Gasteiger partial charge in [0.2, 0.25) is 0 Å². The summed E-state index contributed by atoms with van der Waals surface area (Å²) in [6.45, 7) is 1.59. The average molecular weight is 477 g/mol. The summed E-state index contributed by atoms with van der Waals surface area (Å²) in [6, 6.07) is 12.9. The minimum Gasteiger partial charge on any atom is -0.493 e. The van der Waals surface area contributed by atoms with Crippen molar-refractivity contribution in [2.45, 2.75) is 18.2 Å². The zero-order valence-corrected chi connectivity index (χ0v) is 18.4. The van der Waals surface area contributed by atoms with E-state index >= 15 is 0 Å². The lowest BCUT2D eigenvalue weighted by Gasteiger charge is -2.15. The molecule has 0 radical (unpaired) electrons. The van der Waals surface area contributed by atoms with Crippen LogP contribution in [0.2, 0.25) is 0 Å². The third-order valence-electron chi connectivity index (χ3n) is 4.12. The molecule has 3 aromatic rings. The number of Topliss-reactive ketones (excluding diaryl/α,β-unsaturated/α-hetero) is 1. The number of halogens is 1. The summed E-state index contributed by atoms with van der Waals surface area (Å²) in [7, 11) is 1.51. The second-order valence-corrected chi connectivity index (χ2v) is 8.16. The number of carbonyl (C=O) groups excluding carboxylic acids is 1. The standard InChI is InChI=1S/C21H21BrN2O4S/c1-14(25)15-3-8-19(20(11-15)27-2)28-12-18(26)13-29-21-23-9-10-24(21)17-6-4-16(22)5-7-17/h3-11,18,26H,12-13H2,1-2H3. The molecular formula is C21H21BrN2O4S. The van der Waals surface area contributed by atoms with Crippen molar-refractivity contribution >= 4 is 33.5 Å². The number of benzene rings is 2. The van der Waals surface area contributed by atoms with Gasteiger partial charge < -0.3 is 14.6 Å². The van der Waals surface area contributed by atoms with E-state index in [1.165, 1.54) is 25.8 Å². The molecule has 0 aliphatic heterocycles. The Kier molecular flexibility index (Phi) is 7.35. The van der Waals surface area contributed by atoms with Crippen molar-refractivity contribution in [1.82, 2.24) is 9.55 Å². The van der Waals surface area contributed by atoms with Crippen molar-refractivity contribution < 1.29 is 19.4 Å². The molecule has 1 unspecified atom stereocenters. The molecule has 2 aromatic carbocycles. The van der Waals surface area contributed by atoms with Gasteiger partial charge >= 0.3 is 0 Å². The van der Waals surface area contributed by atoms with Gasteiger partial charge in [-0.1, -0.05) is 27.7 Å². The van der Waals surface area contributed by atoms with Crippen LogP contribution >= 0.6 is 27.7 Å². The van der Waals surface area contributed by atoms with Gasteiger partial charge in [-0.3, -0.25) is 9.36 Å². The molecule has 6 nitrogen and oxygen atoms in total. The maximum atomic E-state index is 11.5. The van der Waals surface area contributed by atoms with Gasteiger partial charge in [0.25, 0.3) is 0 Å². The molecule has 152 valence electrons. The second kappa shape index (κ2) is 9.96. The van der Waals surface area contributed by atoms with E-state index in [9.17, 15) is 9.90 Å². The van der Waals surface area contributed by atoms with Gasteiger partial charge in [-0.05, 0) is 49.4 Å². The highest BCUT2D eigenvalue weighted by Crippen LogP contribution is 2.29. The van der Waals surface area contributed by atoms with Crippen LogP contribution in [0, 0.1) is 0 Å². The molecule has 0 saturated carbocycles. The number of ether oxygens (including phenoxy) is 2. The Balaban J connectivity index is 1.57. The first-order valence-electron chi connectivity index (χ1n) is 8.90. The van der Waals surface area contributed by atoms with Crippen molar-refractivity contribution in [1.29, 1.82) is 0 Å². The number of ketones is 1. The molecule has 1 N–H and O–H groups in total. The van der Waals surface area contributed by atoms with Crippen LogP contribution in [-0.4, -0.2) is 46.0 Å². The van der Waals surface area contributed by atoms with Crippen LogP contribution < -0.4 is 9.47 Å². The van der Waals surface area contributed by atoms with Crippen molar-refractivity contribution in [2.24, 2.45) is 0 Å². The number of hydrogen-bond donors (Lipinski definition) is 1. The Morgan fingerprint density at radius 2 is 2.00 bits per heavy atom. The van der Waals surface area contributed by atoms with Crippen LogP contribution in [0.4, 0.5) is 0 Å². The predicted octanol–water partition coefficient (Wildman–Crippen LogP) is 4.38. The van der Waals surface area contributed by atoms with Gasteiger partial charge in [0.05, 0.1) is 13.2 Å². The van der Waals surface area contributed by atoms with Crippen molar-refractivity contribution in [3.8, 4) is 17.2 Å². The highest BCUT2D eigenvalue weighted by molar-refractivity contribution is 9.10. The number of aromatic nitrogens is 2. The van der Waals surface area contributed by atoms with Gasteiger partial charge in [0.1, 0.15) is 6.61 Å². The number of methoxy groups -OCH3 is 1. The number of rotatable bonds is 9. The minimum absolute atomic E-state index is 0.0486. The van der Waals surface area contributed by atoms with E-state index in [1.54, 1.807) is 24.4 Å². The van der Waals surface area contributed by atoms with Crippen LogP contribution in [-0.2, 0) is 0 Å². The average Bonchev–Trinajstić information content (AvgIpc) is 3.19. The molecule has 0 aliphatic carbocycles. The summed E-state index contributed by atoms with van der Waals surface area (Å²) in [5, 5.41) is 11.1. The maximum absolute atomic E-state index is 11.5. The summed E-state index contributed by atoms with van der Waals surface area (Å²) >= 11 is 4.88. The van der Waals surface area contributed by atoms with Gasteiger partial charge in [-0.2, -0.15) is 0 Å². The van der Waals surface area contributed by atoms with E-state index in [4.69, 9.17) is 9.47 Å². The first kappa shape index (κ1) is 21.4. The lowest BCUT2D eigenvalue weighted by molar-refractivity contribution is 0.101. The van der Waals surface area contributed by atoms with Crippen LogP contribution in [0.3, 0.4) is 0 Å². The van der Waals surface area contributed by atoms with Crippen LogP contribution in [0.1, 0.15) is 17.3 Å². The normalized spacial score (nSPS) is 11.9. The first-order chi connectivity index (χ1) is 14.0. The molecule has 8 heteroatoms. The van der Waals surface area contributed by atoms with Crippen molar-refractivity contribution in [3.63, 3.8) is 0 Å². The fourth-order valence-corrected chi connectivity index (χ4v) is 3.75. The molecule has 1 heterocycles. The van der Waals surface area contributed by atoms with Crippen LogP contribution in [0.5, 0.6) is 11.5 Å². The topological polar surface area (TPSA) is 73.6 Å². The predicted molar refractivity (Wildman–Crippen MR) is 116 cm³/mol.